The molecule has 7 nitrogen and oxygen atoms in total. The van der Waals surface area contributed by atoms with Crippen molar-refractivity contribution >= 4 is 66.5 Å². The summed E-state index contributed by atoms with van der Waals surface area (Å²) in [4.78, 5) is 28.5. The third kappa shape index (κ3) is 4.74. The largest absolute Gasteiger partial charge is 0.479 e. The number of rotatable bonds is 6. The number of aromatic nitrogens is 2. The van der Waals surface area contributed by atoms with Crippen molar-refractivity contribution in [1.82, 2.24) is 9.66 Å². The quantitative estimate of drug-likeness (QED) is 0.437. The summed E-state index contributed by atoms with van der Waals surface area (Å²) in [5, 5.41) is 14.0. The first kappa shape index (κ1) is 22.5. The van der Waals surface area contributed by atoms with Gasteiger partial charge < -0.3 is 9.84 Å². The van der Waals surface area contributed by atoms with Gasteiger partial charge in [-0.2, -0.15) is 9.78 Å². The molecule has 0 fully saturated rings. The molecule has 0 aliphatic carbocycles. The number of carboxylic acids is 1. The van der Waals surface area contributed by atoms with Crippen molar-refractivity contribution in [1.29, 1.82) is 0 Å². The zero-order valence-electron chi connectivity index (χ0n) is 15.9. The average molecular weight is 558 g/mol. The summed E-state index contributed by atoms with van der Waals surface area (Å²) in [7, 11) is 0. The highest BCUT2D eigenvalue weighted by Gasteiger charge is 2.17. The van der Waals surface area contributed by atoms with Gasteiger partial charge in [-0.25, -0.2) is 9.78 Å². The number of carbonyl (C=O) groups is 1. The number of nitrogens with zero attached hydrogens (tertiary/aromatic N) is 3. The van der Waals surface area contributed by atoms with Crippen LogP contribution in [0.2, 0.25) is 5.02 Å². The maximum atomic E-state index is 12.9. The van der Waals surface area contributed by atoms with Crippen LogP contribution >= 0.6 is 43.5 Å². The van der Waals surface area contributed by atoms with Gasteiger partial charge >= 0.3 is 5.97 Å². The van der Waals surface area contributed by atoms with Crippen molar-refractivity contribution in [2.75, 3.05) is 0 Å². The molecule has 0 aliphatic rings. The van der Waals surface area contributed by atoms with Crippen LogP contribution in [0.3, 0.4) is 0 Å². The van der Waals surface area contributed by atoms with Crippen LogP contribution in [-0.2, 0) is 11.2 Å². The van der Waals surface area contributed by atoms with Crippen LogP contribution in [0.1, 0.15) is 25.2 Å². The molecule has 0 saturated heterocycles. The van der Waals surface area contributed by atoms with Gasteiger partial charge in [0.1, 0.15) is 5.82 Å². The molecule has 3 aromatic rings. The molecule has 1 N–H and O–H groups in total. The van der Waals surface area contributed by atoms with Crippen molar-refractivity contribution in [2.45, 2.75) is 26.4 Å². The summed E-state index contributed by atoms with van der Waals surface area (Å²) in [5.41, 5.74) is 0.909. The van der Waals surface area contributed by atoms with Crippen molar-refractivity contribution in [3.63, 3.8) is 0 Å². The SMILES string of the molecule is CCc1nc2ccc(Br)cc2c(=O)n1N=Cc1cc(Cl)c(O[C@H](C)C(=O)O)c(Br)c1. The van der Waals surface area contributed by atoms with Crippen molar-refractivity contribution < 1.29 is 14.6 Å². The Morgan fingerprint density at radius 1 is 1.37 bits per heavy atom. The Morgan fingerprint density at radius 3 is 2.73 bits per heavy atom. The fourth-order valence-corrected chi connectivity index (χ4v) is 3.98. The summed E-state index contributed by atoms with van der Waals surface area (Å²) in [6, 6.07) is 8.56. The highest BCUT2D eigenvalue weighted by atomic mass is 79.9. The van der Waals surface area contributed by atoms with E-state index in [0.29, 0.717) is 33.2 Å². The maximum Gasteiger partial charge on any atom is 0.344 e. The van der Waals surface area contributed by atoms with E-state index in [2.05, 4.69) is 41.9 Å². The van der Waals surface area contributed by atoms with Crippen molar-refractivity contribution in [2.24, 2.45) is 5.10 Å². The Labute approximate surface area is 193 Å². The van der Waals surface area contributed by atoms with Gasteiger partial charge in [-0.3, -0.25) is 4.79 Å². The third-order valence-electron chi connectivity index (χ3n) is 4.18. The highest BCUT2D eigenvalue weighted by molar-refractivity contribution is 9.10. The molecule has 0 bridgehead atoms. The summed E-state index contributed by atoms with van der Waals surface area (Å²) in [6.07, 6.45) is 0.933. The standard InChI is InChI=1S/C20H16Br2ClN3O4/c1-3-17-25-16-5-4-12(21)8-13(16)19(27)26(17)24-9-11-6-14(22)18(15(23)7-11)30-10(2)20(28)29/h4-10H,3H2,1-2H3,(H,28,29)/t10-/m1/s1. The average Bonchev–Trinajstić information content (AvgIpc) is 2.70. The zero-order valence-corrected chi connectivity index (χ0v) is 19.8. The van der Waals surface area contributed by atoms with E-state index in [4.69, 9.17) is 21.4 Å². The van der Waals surface area contributed by atoms with Crippen LogP contribution in [0.25, 0.3) is 10.9 Å². The topological polar surface area (TPSA) is 93.8 Å². The van der Waals surface area contributed by atoms with Crippen LogP contribution in [0, 0.1) is 0 Å². The third-order valence-corrected chi connectivity index (χ3v) is 5.54. The smallest absolute Gasteiger partial charge is 0.344 e. The fraction of sp³-hybridized carbons (Fsp3) is 0.200. The molecule has 30 heavy (non-hydrogen) atoms. The Hall–Kier alpha value is -2.23. The van der Waals surface area contributed by atoms with Gasteiger partial charge in [-0.15, -0.1) is 0 Å². The van der Waals surface area contributed by atoms with Gasteiger partial charge in [0, 0.05) is 10.9 Å². The Balaban J connectivity index is 2.01. The van der Waals surface area contributed by atoms with Gasteiger partial charge in [0.05, 0.1) is 26.6 Å². The number of ether oxygens (including phenoxy) is 1. The van der Waals surface area contributed by atoms with Crippen LogP contribution in [-0.4, -0.2) is 33.1 Å². The number of halogens is 3. The fourth-order valence-electron chi connectivity index (χ4n) is 2.66. The molecule has 0 saturated carbocycles. The summed E-state index contributed by atoms with van der Waals surface area (Å²) in [5.74, 6) is -0.371. The van der Waals surface area contributed by atoms with E-state index >= 15 is 0 Å². The van der Waals surface area contributed by atoms with Crippen molar-refractivity contribution in [3.05, 3.63) is 66.0 Å². The number of benzene rings is 2. The molecule has 3 rings (SSSR count). The van der Waals surface area contributed by atoms with E-state index < -0.39 is 12.1 Å². The first-order valence-corrected chi connectivity index (χ1v) is 10.8. The van der Waals surface area contributed by atoms with E-state index in [9.17, 15) is 9.59 Å². The lowest BCUT2D eigenvalue weighted by Crippen LogP contribution is -2.23. The van der Waals surface area contributed by atoms with Gasteiger partial charge in [-0.05, 0) is 58.7 Å². The van der Waals surface area contributed by atoms with E-state index in [-0.39, 0.29) is 16.3 Å². The summed E-state index contributed by atoms with van der Waals surface area (Å²) < 4.78 is 7.87. The van der Waals surface area contributed by atoms with Crippen LogP contribution in [0.15, 0.2) is 49.2 Å². The Bertz CT molecular complexity index is 1200. The Morgan fingerprint density at radius 2 is 2.10 bits per heavy atom. The number of hydrogen-bond donors (Lipinski definition) is 1. The molecule has 156 valence electrons. The van der Waals surface area contributed by atoms with E-state index in [1.807, 2.05) is 13.0 Å². The van der Waals surface area contributed by atoms with E-state index in [0.717, 1.165) is 4.47 Å². The molecule has 10 heteroatoms. The molecular weight excluding hydrogens is 541 g/mol. The number of fused-ring (bicyclic) bond motifs is 1. The molecule has 1 heterocycles. The first-order valence-electron chi connectivity index (χ1n) is 8.85. The van der Waals surface area contributed by atoms with Crippen LogP contribution < -0.4 is 10.3 Å². The minimum absolute atomic E-state index is 0.211. The Kier molecular flexibility index (Phi) is 6.95. The number of hydrogen-bond acceptors (Lipinski definition) is 5. The molecule has 0 unspecified atom stereocenters. The normalized spacial score (nSPS) is 12.4. The predicted molar refractivity (Wildman–Crippen MR) is 123 cm³/mol. The monoisotopic (exact) mass is 555 g/mol. The molecular formula is C20H16Br2ClN3O4. The molecule has 2 aromatic carbocycles. The lowest BCUT2D eigenvalue weighted by molar-refractivity contribution is -0.144. The molecule has 0 radical (unpaired) electrons. The second kappa shape index (κ2) is 9.28. The predicted octanol–water partition coefficient (Wildman–Crippen LogP) is 4.87. The lowest BCUT2D eigenvalue weighted by Gasteiger charge is -2.14. The van der Waals surface area contributed by atoms with E-state index in [1.165, 1.54) is 17.8 Å². The summed E-state index contributed by atoms with van der Waals surface area (Å²) in [6.45, 7) is 3.30. The minimum atomic E-state index is -1.11. The van der Waals surface area contributed by atoms with Gasteiger partial charge in [0.15, 0.2) is 11.9 Å². The molecule has 0 amide bonds. The molecule has 1 aromatic heterocycles. The second-order valence-corrected chi connectivity index (χ2v) is 8.49. The maximum absolute atomic E-state index is 12.9. The first-order chi connectivity index (χ1) is 14.2. The zero-order chi connectivity index (χ0) is 22.0. The van der Waals surface area contributed by atoms with Crippen LogP contribution in [0.5, 0.6) is 5.75 Å². The lowest BCUT2D eigenvalue weighted by atomic mass is 10.2. The number of aliphatic carboxylic acids is 1. The second-order valence-electron chi connectivity index (χ2n) is 6.32. The molecule has 0 spiro atoms. The van der Waals surface area contributed by atoms with Crippen LogP contribution in [0.4, 0.5) is 0 Å². The summed E-state index contributed by atoms with van der Waals surface area (Å²) >= 11 is 13.0. The van der Waals surface area contributed by atoms with Crippen molar-refractivity contribution in [3.8, 4) is 5.75 Å². The highest BCUT2D eigenvalue weighted by Crippen LogP contribution is 2.35. The molecule has 1 atom stereocenters. The number of aryl methyl sites for hydroxylation is 1. The van der Waals surface area contributed by atoms with Gasteiger partial charge in [-0.1, -0.05) is 34.5 Å². The minimum Gasteiger partial charge on any atom is -0.479 e. The number of carboxylic acid groups (broad SMARTS) is 1. The molecule has 0 aliphatic heterocycles. The van der Waals surface area contributed by atoms with Gasteiger partial charge in [0.25, 0.3) is 5.56 Å². The van der Waals surface area contributed by atoms with Gasteiger partial charge in [0.2, 0.25) is 0 Å². The van der Waals surface area contributed by atoms with E-state index in [1.54, 1.807) is 24.3 Å².